The van der Waals surface area contributed by atoms with Gasteiger partial charge in [0, 0.05) is 10.7 Å². The maximum absolute atomic E-state index is 13.5. The number of nitrogens with zero attached hydrogens (tertiary/aromatic N) is 4. The van der Waals surface area contributed by atoms with Crippen LogP contribution in [0, 0.1) is 13.8 Å². The Morgan fingerprint density at radius 2 is 1.76 bits per heavy atom. The van der Waals surface area contributed by atoms with Gasteiger partial charge in [0.1, 0.15) is 0 Å². The van der Waals surface area contributed by atoms with E-state index in [0.29, 0.717) is 28.3 Å². The van der Waals surface area contributed by atoms with Gasteiger partial charge < -0.3 is 5.32 Å². The highest BCUT2D eigenvalue weighted by atomic mass is 35.5. The zero-order valence-corrected chi connectivity index (χ0v) is 18.8. The molecule has 0 radical (unpaired) electrons. The molecule has 0 unspecified atom stereocenters. The number of aromatic nitrogens is 4. The van der Waals surface area contributed by atoms with E-state index in [0.717, 1.165) is 16.7 Å². The summed E-state index contributed by atoms with van der Waals surface area (Å²) in [7, 11) is 0. The fourth-order valence-electron chi connectivity index (χ4n) is 3.79. The van der Waals surface area contributed by atoms with Crippen LogP contribution in [0.15, 0.2) is 71.5 Å². The van der Waals surface area contributed by atoms with E-state index in [4.69, 9.17) is 11.6 Å². The molecule has 8 heteroatoms. The summed E-state index contributed by atoms with van der Waals surface area (Å²) in [5.74, 6) is -0.543. The lowest BCUT2D eigenvalue weighted by molar-refractivity contribution is 0.101. The third-order valence-electron chi connectivity index (χ3n) is 5.54. The summed E-state index contributed by atoms with van der Waals surface area (Å²) in [6.07, 6.45) is 0. The summed E-state index contributed by atoms with van der Waals surface area (Å²) in [5.41, 5.74) is 4.67. The summed E-state index contributed by atoms with van der Waals surface area (Å²) >= 11 is 6.01. The van der Waals surface area contributed by atoms with Crippen LogP contribution in [0.25, 0.3) is 16.7 Å². The number of halogens is 1. The molecule has 0 saturated carbocycles. The Bertz CT molecular complexity index is 1590. The number of aryl methyl sites for hydroxylation is 2. The van der Waals surface area contributed by atoms with Crippen molar-refractivity contribution in [2.24, 2.45) is 0 Å². The van der Waals surface area contributed by atoms with E-state index in [1.54, 1.807) is 22.8 Å². The number of amides is 1. The van der Waals surface area contributed by atoms with E-state index >= 15 is 0 Å². The van der Waals surface area contributed by atoms with Crippen molar-refractivity contribution >= 4 is 39.9 Å². The van der Waals surface area contributed by atoms with Crippen LogP contribution in [0.1, 0.15) is 27.3 Å². The van der Waals surface area contributed by atoms with E-state index in [2.05, 4.69) is 15.4 Å². The first-order valence-electron chi connectivity index (χ1n) is 10.4. The zero-order chi connectivity index (χ0) is 23.1. The van der Waals surface area contributed by atoms with Crippen LogP contribution in [-0.2, 0) is 6.54 Å². The molecule has 0 aliphatic carbocycles. The molecule has 3 aromatic carbocycles. The quantitative estimate of drug-likeness (QED) is 0.427. The number of nitrogens with one attached hydrogen (secondary N) is 1. The van der Waals surface area contributed by atoms with E-state index < -0.39 is 5.91 Å². The molecular weight excluding hydrogens is 438 g/mol. The van der Waals surface area contributed by atoms with Crippen molar-refractivity contribution in [3.63, 3.8) is 0 Å². The third kappa shape index (κ3) is 3.87. The Kier molecular flexibility index (Phi) is 5.18. The highest BCUT2D eigenvalue weighted by Gasteiger charge is 2.20. The van der Waals surface area contributed by atoms with Gasteiger partial charge in [-0.15, -0.1) is 5.10 Å². The molecule has 0 aliphatic rings. The van der Waals surface area contributed by atoms with Crippen LogP contribution in [0.5, 0.6) is 0 Å². The molecule has 5 aromatic rings. The van der Waals surface area contributed by atoms with Gasteiger partial charge in [-0.25, -0.2) is 4.52 Å². The van der Waals surface area contributed by atoms with Crippen LogP contribution in [0.2, 0.25) is 5.02 Å². The molecular formula is C25H20ClN5O2. The summed E-state index contributed by atoms with van der Waals surface area (Å²) < 4.78 is 3.10. The van der Waals surface area contributed by atoms with E-state index in [1.165, 1.54) is 4.52 Å². The molecule has 0 bridgehead atoms. The number of para-hydroxylation sites is 1. The molecule has 33 heavy (non-hydrogen) atoms. The number of benzene rings is 3. The van der Waals surface area contributed by atoms with Gasteiger partial charge in [-0.05, 0) is 60.9 Å². The third-order valence-corrected chi connectivity index (χ3v) is 5.80. The lowest BCUT2D eigenvalue weighted by Gasteiger charge is -2.12. The number of fused-ring (bicyclic) bond motifs is 3. The number of anilines is 1. The number of rotatable bonds is 4. The monoisotopic (exact) mass is 457 g/mol. The SMILES string of the molecule is Cc1ccc2c(c1)n(Cc1ccc(Cl)cc1)c(=O)c1nc(C(=O)Nc3ccccc3C)nn12. The lowest BCUT2D eigenvalue weighted by atomic mass is 10.2. The van der Waals surface area contributed by atoms with Crippen molar-refractivity contribution in [1.82, 2.24) is 19.2 Å². The minimum absolute atomic E-state index is 0.0681. The normalized spacial score (nSPS) is 11.2. The van der Waals surface area contributed by atoms with E-state index in [1.807, 2.05) is 62.4 Å². The highest BCUT2D eigenvalue weighted by Crippen LogP contribution is 2.19. The summed E-state index contributed by atoms with van der Waals surface area (Å²) in [6, 6.07) is 20.5. The first kappa shape index (κ1) is 20.9. The molecule has 0 spiro atoms. The molecule has 0 saturated heterocycles. The average Bonchev–Trinajstić information content (AvgIpc) is 3.25. The number of carbonyl (C=O) groups excluding carboxylic acids is 1. The molecule has 164 valence electrons. The second kappa shape index (κ2) is 8.18. The number of hydrogen-bond donors (Lipinski definition) is 1. The predicted molar refractivity (Wildman–Crippen MR) is 129 cm³/mol. The average molecular weight is 458 g/mol. The Hall–Kier alpha value is -3.97. The maximum Gasteiger partial charge on any atom is 0.296 e. The Morgan fingerprint density at radius 3 is 2.52 bits per heavy atom. The minimum atomic E-state index is -0.475. The standard InChI is InChI=1S/C25H20ClN5O2/c1-15-7-12-20-21(13-15)30(14-17-8-10-18(26)11-9-17)25(33)23-28-22(29-31(20)23)24(32)27-19-6-4-3-5-16(19)2/h3-13H,14H2,1-2H3,(H,27,32). The van der Waals surface area contributed by atoms with Gasteiger partial charge in [0.2, 0.25) is 11.5 Å². The fraction of sp³-hybridized carbons (Fsp3) is 0.120. The first-order chi connectivity index (χ1) is 15.9. The summed E-state index contributed by atoms with van der Waals surface area (Å²) in [5, 5.41) is 7.83. The Balaban J connectivity index is 1.65. The van der Waals surface area contributed by atoms with Crippen molar-refractivity contribution in [2.45, 2.75) is 20.4 Å². The van der Waals surface area contributed by atoms with Gasteiger partial charge in [-0.3, -0.25) is 14.2 Å². The van der Waals surface area contributed by atoms with Crippen molar-refractivity contribution in [3.8, 4) is 0 Å². The Morgan fingerprint density at radius 1 is 1.00 bits per heavy atom. The van der Waals surface area contributed by atoms with E-state index in [9.17, 15) is 9.59 Å². The fourth-order valence-corrected chi connectivity index (χ4v) is 3.92. The van der Waals surface area contributed by atoms with E-state index in [-0.39, 0.29) is 17.0 Å². The first-order valence-corrected chi connectivity index (χ1v) is 10.8. The van der Waals surface area contributed by atoms with Crippen LogP contribution in [0.3, 0.4) is 0 Å². The molecule has 2 aromatic heterocycles. The second-order valence-electron chi connectivity index (χ2n) is 7.95. The van der Waals surface area contributed by atoms with Gasteiger partial charge in [0.05, 0.1) is 17.6 Å². The second-order valence-corrected chi connectivity index (χ2v) is 8.39. The molecule has 0 aliphatic heterocycles. The van der Waals surface area contributed by atoms with Crippen molar-refractivity contribution in [3.05, 3.63) is 105 Å². The number of carbonyl (C=O) groups is 1. The molecule has 1 amide bonds. The van der Waals surface area contributed by atoms with Crippen LogP contribution in [0.4, 0.5) is 5.69 Å². The molecule has 7 nitrogen and oxygen atoms in total. The molecule has 2 heterocycles. The van der Waals surface area contributed by atoms with Crippen LogP contribution in [-0.4, -0.2) is 25.1 Å². The topological polar surface area (TPSA) is 81.3 Å². The van der Waals surface area contributed by atoms with Gasteiger partial charge in [0.25, 0.3) is 11.5 Å². The number of hydrogen-bond acceptors (Lipinski definition) is 4. The summed E-state index contributed by atoms with van der Waals surface area (Å²) in [4.78, 5) is 30.6. The van der Waals surface area contributed by atoms with Crippen molar-refractivity contribution < 1.29 is 4.79 Å². The lowest BCUT2D eigenvalue weighted by Crippen LogP contribution is -2.24. The van der Waals surface area contributed by atoms with Gasteiger partial charge in [-0.2, -0.15) is 4.98 Å². The van der Waals surface area contributed by atoms with Gasteiger partial charge >= 0.3 is 0 Å². The minimum Gasteiger partial charge on any atom is -0.319 e. The molecule has 0 fully saturated rings. The van der Waals surface area contributed by atoms with Gasteiger partial charge in [-0.1, -0.05) is 48.0 Å². The highest BCUT2D eigenvalue weighted by molar-refractivity contribution is 6.30. The molecule has 5 rings (SSSR count). The van der Waals surface area contributed by atoms with Crippen LogP contribution < -0.4 is 10.9 Å². The molecule has 0 atom stereocenters. The predicted octanol–water partition coefficient (Wildman–Crippen LogP) is 4.62. The van der Waals surface area contributed by atoms with Crippen molar-refractivity contribution in [1.29, 1.82) is 0 Å². The smallest absolute Gasteiger partial charge is 0.296 e. The van der Waals surface area contributed by atoms with Crippen molar-refractivity contribution in [2.75, 3.05) is 5.32 Å². The Labute approximate surface area is 194 Å². The summed E-state index contributed by atoms with van der Waals surface area (Å²) in [6.45, 7) is 4.20. The molecule has 1 N–H and O–H groups in total. The zero-order valence-electron chi connectivity index (χ0n) is 18.0. The van der Waals surface area contributed by atoms with Gasteiger partial charge in [0.15, 0.2) is 0 Å². The van der Waals surface area contributed by atoms with Crippen LogP contribution >= 0.6 is 11.6 Å². The maximum atomic E-state index is 13.5. The largest absolute Gasteiger partial charge is 0.319 e.